The van der Waals surface area contributed by atoms with E-state index in [2.05, 4.69) is 45.0 Å². The van der Waals surface area contributed by atoms with Gasteiger partial charge >= 0.3 is 5.97 Å². The minimum absolute atomic E-state index is 0.0882. The maximum absolute atomic E-state index is 13.5. The predicted octanol–water partition coefficient (Wildman–Crippen LogP) is 7.07. The lowest BCUT2D eigenvalue weighted by Crippen LogP contribution is -2.38. The molecule has 4 rings (SSSR count). The summed E-state index contributed by atoms with van der Waals surface area (Å²) >= 11 is 6.73. The second-order valence-electron chi connectivity index (χ2n) is 9.89. The summed E-state index contributed by atoms with van der Waals surface area (Å²) in [5.74, 6) is -0.199. The zero-order valence-corrected chi connectivity index (χ0v) is 23.6. The summed E-state index contributed by atoms with van der Waals surface area (Å²) in [6.07, 6.45) is 1.77. The Bertz CT molecular complexity index is 1340. The normalized spacial score (nSPS) is 15.6. The number of thiocarbonyl (C=S) groups is 1. The number of benzene rings is 3. The number of thioether (sulfide) groups is 1. The fourth-order valence-corrected chi connectivity index (χ4v) is 5.39. The maximum Gasteiger partial charge on any atom is 0.333 e. The molecule has 1 aliphatic heterocycles. The van der Waals surface area contributed by atoms with Crippen molar-refractivity contribution in [2.75, 3.05) is 6.61 Å². The highest BCUT2D eigenvalue weighted by Gasteiger charge is 2.42. The predicted molar refractivity (Wildman–Crippen MR) is 157 cm³/mol. The Morgan fingerprint density at radius 1 is 1.00 bits per heavy atom. The molecule has 5 nitrogen and oxygen atoms in total. The number of esters is 1. The van der Waals surface area contributed by atoms with Crippen molar-refractivity contribution in [2.45, 2.75) is 45.8 Å². The summed E-state index contributed by atoms with van der Waals surface area (Å²) in [7, 11) is 0. The second-order valence-corrected chi connectivity index (χ2v) is 11.6. The SMILES string of the molecule is CCOC(=O)C(c1ccccc1)N1C(=O)/C(=C\c2ccccc2OCc2ccc(C(C)(C)C)cc2)SC1=S. The first kappa shape index (κ1) is 27.6. The van der Waals surface area contributed by atoms with Crippen LogP contribution in [0.1, 0.15) is 56.0 Å². The molecule has 196 valence electrons. The van der Waals surface area contributed by atoms with Crippen LogP contribution in [-0.2, 0) is 26.3 Å². The molecule has 0 aliphatic carbocycles. The summed E-state index contributed by atoms with van der Waals surface area (Å²) in [5, 5.41) is 0. The van der Waals surface area contributed by atoms with E-state index in [0.29, 0.717) is 27.1 Å². The van der Waals surface area contributed by atoms with Crippen molar-refractivity contribution in [3.8, 4) is 5.75 Å². The molecule has 38 heavy (non-hydrogen) atoms. The molecule has 0 saturated carbocycles. The minimum atomic E-state index is -0.947. The summed E-state index contributed by atoms with van der Waals surface area (Å²) in [4.78, 5) is 28.2. The van der Waals surface area contributed by atoms with Gasteiger partial charge in [0, 0.05) is 5.56 Å². The minimum Gasteiger partial charge on any atom is -0.488 e. The van der Waals surface area contributed by atoms with E-state index < -0.39 is 12.0 Å². The molecule has 0 radical (unpaired) electrons. The number of para-hydroxylation sites is 1. The lowest BCUT2D eigenvalue weighted by atomic mass is 9.87. The van der Waals surface area contributed by atoms with Gasteiger partial charge in [-0.1, -0.05) is 118 Å². The molecule has 7 heteroatoms. The first-order valence-electron chi connectivity index (χ1n) is 12.5. The Hall–Kier alpha value is -3.42. The van der Waals surface area contributed by atoms with Crippen molar-refractivity contribution in [3.05, 3.63) is 106 Å². The summed E-state index contributed by atoms with van der Waals surface area (Å²) in [6.45, 7) is 8.90. The fraction of sp³-hybridized carbons (Fsp3) is 0.258. The van der Waals surface area contributed by atoms with Crippen molar-refractivity contribution in [1.29, 1.82) is 0 Å². The lowest BCUT2D eigenvalue weighted by molar-refractivity contribution is -0.151. The van der Waals surface area contributed by atoms with Crippen molar-refractivity contribution in [2.24, 2.45) is 0 Å². The van der Waals surface area contributed by atoms with Gasteiger partial charge in [0.05, 0.1) is 11.5 Å². The molecule has 3 aromatic carbocycles. The van der Waals surface area contributed by atoms with E-state index in [9.17, 15) is 9.59 Å². The molecule has 3 aromatic rings. The van der Waals surface area contributed by atoms with Crippen LogP contribution >= 0.6 is 24.0 Å². The number of hydrogen-bond donors (Lipinski definition) is 0. The van der Waals surface area contributed by atoms with E-state index in [4.69, 9.17) is 21.7 Å². The first-order valence-corrected chi connectivity index (χ1v) is 13.7. The molecule has 1 atom stereocenters. The fourth-order valence-electron chi connectivity index (χ4n) is 4.08. The zero-order valence-electron chi connectivity index (χ0n) is 22.0. The van der Waals surface area contributed by atoms with Crippen molar-refractivity contribution in [1.82, 2.24) is 4.90 Å². The molecule has 1 amide bonds. The Balaban J connectivity index is 1.56. The van der Waals surface area contributed by atoms with Crippen LogP contribution in [0, 0.1) is 0 Å². The van der Waals surface area contributed by atoms with Crippen molar-refractivity contribution >= 4 is 46.3 Å². The molecule has 1 saturated heterocycles. The van der Waals surface area contributed by atoms with Gasteiger partial charge in [-0.25, -0.2) is 4.79 Å². The van der Waals surface area contributed by atoms with Crippen molar-refractivity contribution < 1.29 is 19.1 Å². The number of amides is 1. The lowest BCUT2D eigenvalue weighted by Gasteiger charge is -2.25. The standard InChI is InChI=1S/C31H31NO4S2/c1-5-35-29(34)27(22-11-7-6-8-12-22)32-28(33)26(38-30(32)37)19-23-13-9-10-14-25(23)36-20-21-15-17-24(18-16-21)31(2,3)4/h6-19,27H,5,20H2,1-4H3/b26-19+. The van der Waals surface area contributed by atoms with Gasteiger partial charge in [0.15, 0.2) is 6.04 Å². The quantitative estimate of drug-likeness (QED) is 0.171. The summed E-state index contributed by atoms with van der Waals surface area (Å²) < 4.78 is 11.8. The molecule has 1 heterocycles. The van der Waals surface area contributed by atoms with E-state index >= 15 is 0 Å². The number of carbonyl (C=O) groups excluding carboxylic acids is 2. The molecular weight excluding hydrogens is 514 g/mol. The van der Waals surface area contributed by atoms with E-state index in [1.54, 1.807) is 25.1 Å². The molecule has 0 N–H and O–H groups in total. The van der Waals surface area contributed by atoms with E-state index in [1.807, 2.05) is 42.5 Å². The third kappa shape index (κ3) is 6.34. The summed E-state index contributed by atoms with van der Waals surface area (Å²) in [6, 6.07) is 24.1. The van der Waals surface area contributed by atoms with E-state index in [-0.39, 0.29) is 17.9 Å². The van der Waals surface area contributed by atoms with Gasteiger partial charge in [0.25, 0.3) is 5.91 Å². The van der Waals surface area contributed by atoms with Gasteiger partial charge in [0.2, 0.25) is 0 Å². The zero-order chi connectivity index (χ0) is 27.3. The topological polar surface area (TPSA) is 55.8 Å². The second kappa shape index (κ2) is 12.0. The van der Waals surface area contributed by atoms with Crippen LogP contribution in [0.25, 0.3) is 6.08 Å². The van der Waals surface area contributed by atoms with Gasteiger partial charge in [0.1, 0.15) is 16.7 Å². The van der Waals surface area contributed by atoms with Crippen LogP contribution in [0.2, 0.25) is 0 Å². The van der Waals surface area contributed by atoms with Crippen LogP contribution in [-0.4, -0.2) is 27.7 Å². The molecule has 1 aliphatic rings. The monoisotopic (exact) mass is 545 g/mol. The van der Waals surface area contributed by atoms with Crippen LogP contribution in [0.5, 0.6) is 5.75 Å². The smallest absolute Gasteiger partial charge is 0.333 e. The Kier molecular flexibility index (Phi) is 8.69. The Morgan fingerprint density at radius 3 is 2.32 bits per heavy atom. The van der Waals surface area contributed by atoms with Crippen LogP contribution in [0.15, 0.2) is 83.8 Å². The van der Waals surface area contributed by atoms with Crippen LogP contribution in [0.3, 0.4) is 0 Å². The van der Waals surface area contributed by atoms with Crippen molar-refractivity contribution in [3.63, 3.8) is 0 Å². The average Bonchev–Trinajstić information content (AvgIpc) is 3.17. The maximum atomic E-state index is 13.5. The van der Waals surface area contributed by atoms with E-state index in [1.165, 1.54) is 22.2 Å². The van der Waals surface area contributed by atoms with Crippen LogP contribution in [0.4, 0.5) is 0 Å². The van der Waals surface area contributed by atoms with E-state index in [0.717, 1.165) is 11.1 Å². The summed E-state index contributed by atoms with van der Waals surface area (Å²) in [5.41, 5.74) is 3.81. The van der Waals surface area contributed by atoms with Gasteiger partial charge < -0.3 is 9.47 Å². The molecule has 0 aromatic heterocycles. The average molecular weight is 546 g/mol. The first-order chi connectivity index (χ1) is 18.2. The molecule has 1 unspecified atom stereocenters. The van der Waals surface area contributed by atoms with Crippen LogP contribution < -0.4 is 4.74 Å². The molecule has 0 bridgehead atoms. The largest absolute Gasteiger partial charge is 0.488 e. The van der Waals surface area contributed by atoms with Gasteiger partial charge in [-0.05, 0) is 41.2 Å². The Labute approximate surface area is 233 Å². The van der Waals surface area contributed by atoms with Gasteiger partial charge in [-0.15, -0.1) is 0 Å². The molecule has 0 spiro atoms. The number of carbonyl (C=O) groups is 2. The van der Waals surface area contributed by atoms with Gasteiger partial charge in [-0.2, -0.15) is 0 Å². The third-order valence-corrected chi connectivity index (χ3v) is 7.46. The number of hydrogen-bond acceptors (Lipinski definition) is 6. The number of ether oxygens (including phenoxy) is 2. The third-order valence-electron chi connectivity index (χ3n) is 6.13. The highest BCUT2D eigenvalue weighted by molar-refractivity contribution is 8.26. The highest BCUT2D eigenvalue weighted by atomic mass is 32.2. The molecular formula is C31H31NO4S2. The highest BCUT2D eigenvalue weighted by Crippen LogP contribution is 2.39. The molecule has 1 fully saturated rings. The Morgan fingerprint density at radius 2 is 1.66 bits per heavy atom. The number of rotatable bonds is 8. The van der Waals surface area contributed by atoms with Gasteiger partial charge in [-0.3, -0.25) is 9.69 Å². The number of nitrogens with zero attached hydrogens (tertiary/aromatic N) is 1.